The fourth-order valence-corrected chi connectivity index (χ4v) is 4.58. The topological polar surface area (TPSA) is 88.1 Å². The largest absolute Gasteiger partial charge is 0.497 e. The Balaban J connectivity index is 1.90. The number of aliphatic carboxylic acids is 1. The molecule has 0 saturated carbocycles. The van der Waals surface area contributed by atoms with Gasteiger partial charge >= 0.3 is 5.97 Å². The van der Waals surface area contributed by atoms with E-state index in [0.29, 0.717) is 26.1 Å². The number of likely N-dealkylation sites (tertiary alicyclic amines) is 1. The van der Waals surface area contributed by atoms with Gasteiger partial charge in [-0.25, -0.2) is 0 Å². The van der Waals surface area contributed by atoms with Gasteiger partial charge < -0.3 is 19.9 Å². The molecule has 1 aromatic rings. The Hall–Kier alpha value is -2.12. The third kappa shape index (κ3) is 3.73. The van der Waals surface area contributed by atoms with E-state index in [-0.39, 0.29) is 18.0 Å². The lowest BCUT2D eigenvalue weighted by Gasteiger charge is -2.34. The van der Waals surface area contributed by atoms with Crippen LogP contribution < -0.4 is 10.1 Å². The number of carboxylic acid groups (broad SMARTS) is 1. The number of hydrogen-bond donors (Lipinski definition) is 2. The number of ether oxygens (including phenoxy) is 2. The summed E-state index contributed by atoms with van der Waals surface area (Å²) in [7, 11) is 3.42. The van der Waals surface area contributed by atoms with E-state index in [2.05, 4.69) is 5.32 Å². The molecule has 2 heterocycles. The first-order valence-electron chi connectivity index (χ1n) is 9.91. The molecule has 7 nitrogen and oxygen atoms in total. The second kappa shape index (κ2) is 8.49. The smallest absolute Gasteiger partial charge is 0.324 e. The van der Waals surface area contributed by atoms with Gasteiger partial charge in [0.15, 0.2) is 0 Å². The minimum Gasteiger partial charge on any atom is -0.497 e. The number of nitrogens with zero attached hydrogens (tertiary/aromatic N) is 1. The molecule has 2 aliphatic rings. The zero-order chi connectivity index (χ0) is 20.3. The summed E-state index contributed by atoms with van der Waals surface area (Å²) in [6.07, 6.45) is 2.31. The van der Waals surface area contributed by atoms with Gasteiger partial charge in [-0.05, 0) is 50.4 Å². The van der Waals surface area contributed by atoms with Crippen LogP contribution in [0.1, 0.15) is 44.2 Å². The number of rotatable bonds is 6. The van der Waals surface area contributed by atoms with Crippen LogP contribution in [0.5, 0.6) is 5.75 Å². The van der Waals surface area contributed by atoms with Crippen molar-refractivity contribution in [1.82, 2.24) is 10.2 Å². The van der Waals surface area contributed by atoms with Gasteiger partial charge in [-0.3, -0.25) is 14.5 Å². The van der Waals surface area contributed by atoms with Crippen LogP contribution in [0.4, 0.5) is 0 Å². The molecule has 1 aromatic carbocycles. The molecule has 3 atom stereocenters. The molecular formula is C21H30N2O5. The van der Waals surface area contributed by atoms with Crippen molar-refractivity contribution in [2.45, 2.75) is 50.2 Å². The molecule has 2 N–H and O–H groups in total. The molecule has 0 spiro atoms. The number of carbonyl (C=O) groups excluding carboxylic acids is 1. The Labute approximate surface area is 166 Å². The van der Waals surface area contributed by atoms with Crippen molar-refractivity contribution in [3.05, 3.63) is 29.8 Å². The van der Waals surface area contributed by atoms with Crippen molar-refractivity contribution in [2.24, 2.45) is 5.92 Å². The van der Waals surface area contributed by atoms with Crippen LogP contribution in [0.3, 0.4) is 0 Å². The quantitative estimate of drug-likeness (QED) is 0.774. The molecule has 28 heavy (non-hydrogen) atoms. The lowest BCUT2D eigenvalue weighted by molar-refractivity contribution is -0.150. The fourth-order valence-electron chi connectivity index (χ4n) is 4.58. The van der Waals surface area contributed by atoms with Crippen LogP contribution in [0.15, 0.2) is 24.3 Å². The van der Waals surface area contributed by atoms with E-state index in [0.717, 1.165) is 24.2 Å². The van der Waals surface area contributed by atoms with Crippen molar-refractivity contribution in [1.29, 1.82) is 0 Å². The van der Waals surface area contributed by atoms with E-state index in [4.69, 9.17) is 9.47 Å². The van der Waals surface area contributed by atoms with Crippen molar-refractivity contribution in [3.63, 3.8) is 0 Å². The van der Waals surface area contributed by atoms with E-state index < -0.39 is 17.4 Å². The van der Waals surface area contributed by atoms with Crippen molar-refractivity contribution < 1.29 is 24.2 Å². The maximum absolute atomic E-state index is 13.2. The molecule has 0 unspecified atom stereocenters. The monoisotopic (exact) mass is 390 g/mol. The number of carbonyl (C=O) groups is 2. The summed E-state index contributed by atoms with van der Waals surface area (Å²) in [5, 5.41) is 13.1. The fraction of sp³-hybridized carbons (Fsp3) is 0.619. The number of likely N-dealkylation sites (N-methyl/N-ethyl adjacent to an activating group) is 1. The summed E-state index contributed by atoms with van der Waals surface area (Å²) in [5.41, 5.74) is -0.130. The molecule has 2 fully saturated rings. The molecule has 1 amide bonds. The van der Waals surface area contributed by atoms with Crippen LogP contribution >= 0.6 is 0 Å². The highest BCUT2D eigenvalue weighted by atomic mass is 16.5. The highest BCUT2D eigenvalue weighted by Gasteiger charge is 2.56. The van der Waals surface area contributed by atoms with Gasteiger partial charge in [0.25, 0.3) is 0 Å². The van der Waals surface area contributed by atoms with Gasteiger partial charge in [0, 0.05) is 25.3 Å². The molecule has 3 rings (SSSR count). The van der Waals surface area contributed by atoms with E-state index >= 15 is 0 Å². The summed E-state index contributed by atoms with van der Waals surface area (Å²) in [6.45, 7) is 3.16. The summed E-state index contributed by atoms with van der Waals surface area (Å²) in [6, 6.07) is 7.32. The van der Waals surface area contributed by atoms with E-state index in [1.807, 2.05) is 43.1 Å². The summed E-state index contributed by atoms with van der Waals surface area (Å²) < 4.78 is 10.6. The third-order valence-corrected chi connectivity index (χ3v) is 6.38. The SMILES string of the molecule is CC[C@@]1(C(=O)O)C[C@H](C(=O)NC2CCOCC2)[C@H](c2ccc(OC)cc2)N1C. The van der Waals surface area contributed by atoms with Gasteiger partial charge in [0.1, 0.15) is 11.3 Å². The second-order valence-electron chi connectivity index (χ2n) is 7.73. The Kier molecular flexibility index (Phi) is 6.25. The van der Waals surface area contributed by atoms with Gasteiger partial charge in [-0.1, -0.05) is 19.1 Å². The standard InChI is InChI=1S/C21H30N2O5/c1-4-21(20(25)26)13-17(19(24)22-15-9-11-28-12-10-15)18(23(21)2)14-5-7-16(27-3)8-6-14/h5-8,15,17-18H,4,9-13H2,1-3H3,(H,22,24)(H,25,26)/t17-,18-,21-/m0/s1. The second-order valence-corrected chi connectivity index (χ2v) is 7.73. The zero-order valence-electron chi connectivity index (χ0n) is 16.8. The minimum absolute atomic E-state index is 0.0730. The van der Waals surface area contributed by atoms with Crippen LogP contribution in [0, 0.1) is 5.92 Å². The van der Waals surface area contributed by atoms with Gasteiger partial charge in [-0.2, -0.15) is 0 Å². The molecular weight excluding hydrogens is 360 g/mol. The first kappa shape index (κ1) is 20.6. The predicted octanol–water partition coefficient (Wildman–Crippen LogP) is 2.22. The zero-order valence-corrected chi connectivity index (χ0v) is 16.8. The maximum Gasteiger partial charge on any atom is 0.324 e. The summed E-state index contributed by atoms with van der Waals surface area (Å²) in [4.78, 5) is 27.3. The molecule has 0 aliphatic carbocycles. The molecule has 0 aromatic heterocycles. The summed E-state index contributed by atoms with van der Waals surface area (Å²) in [5.74, 6) is -0.654. The minimum atomic E-state index is -1.05. The third-order valence-electron chi connectivity index (χ3n) is 6.38. The molecule has 2 saturated heterocycles. The molecule has 0 bridgehead atoms. The average molecular weight is 390 g/mol. The van der Waals surface area contributed by atoms with E-state index in [1.165, 1.54) is 0 Å². The normalized spacial score (nSPS) is 28.8. The van der Waals surface area contributed by atoms with E-state index in [1.54, 1.807) is 7.11 Å². The van der Waals surface area contributed by atoms with Crippen LogP contribution in [-0.2, 0) is 14.3 Å². The Morgan fingerprint density at radius 2 is 1.93 bits per heavy atom. The van der Waals surface area contributed by atoms with Crippen molar-refractivity contribution in [2.75, 3.05) is 27.4 Å². The van der Waals surface area contributed by atoms with Crippen LogP contribution in [0.2, 0.25) is 0 Å². The lowest BCUT2D eigenvalue weighted by atomic mass is 9.86. The number of amides is 1. The Morgan fingerprint density at radius 3 is 2.46 bits per heavy atom. The van der Waals surface area contributed by atoms with Crippen molar-refractivity contribution in [3.8, 4) is 5.75 Å². The molecule has 7 heteroatoms. The Bertz CT molecular complexity index is 701. The highest BCUT2D eigenvalue weighted by molar-refractivity contribution is 5.85. The van der Waals surface area contributed by atoms with Gasteiger partial charge in [0.2, 0.25) is 5.91 Å². The number of methoxy groups -OCH3 is 1. The van der Waals surface area contributed by atoms with Gasteiger partial charge in [-0.15, -0.1) is 0 Å². The molecule has 154 valence electrons. The number of nitrogens with one attached hydrogen (secondary N) is 1. The van der Waals surface area contributed by atoms with Gasteiger partial charge in [0.05, 0.1) is 13.0 Å². The van der Waals surface area contributed by atoms with Crippen molar-refractivity contribution >= 4 is 11.9 Å². The number of carboxylic acids is 1. The van der Waals surface area contributed by atoms with E-state index in [9.17, 15) is 14.7 Å². The predicted molar refractivity (Wildman–Crippen MR) is 104 cm³/mol. The summed E-state index contributed by atoms with van der Waals surface area (Å²) >= 11 is 0. The average Bonchev–Trinajstić information content (AvgIpc) is 3.02. The Morgan fingerprint density at radius 1 is 1.29 bits per heavy atom. The molecule has 2 aliphatic heterocycles. The van der Waals surface area contributed by atoms with Crippen LogP contribution in [0.25, 0.3) is 0 Å². The van der Waals surface area contributed by atoms with Crippen LogP contribution in [-0.4, -0.2) is 60.8 Å². The number of benzene rings is 1. The lowest BCUT2D eigenvalue weighted by Crippen LogP contribution is -2.48. The molecule has 0 radical (unpaired) electrons. The first-order valence-corrected chi connectivity index (χ1v) is 9.91. The number of hydrogen-bond acceptors (Lipinski definition) is 5. The highest BCUT2D eigenvalue weighted by Crippen LogP contribution is 2.47. The first-order chi connectivity index (χ1) is 13.4. The maximum atomic E-state index is 13.2.